The van der Waals surface area contributed by atoms with E-state index in [1.807, 2.05) is 48.6 Å². The summed E-state index contributed by atoms with van der Waals surface area (Å²) in [6.45, 7) is 0.372. The maximum Gasteiger partial charge on any atom is 0.416 e. The number of rotatable bonds is 8. The maximum absolute atomic E-state index is 12.8. The van der Waals surface area contributed by atoms with Gasteiger partial charge in [0.25, 0.3) is 5.91 Å². The average Bonchev–Trinajstić information content (AvgIpc) is 3.25. The highest BCUT2D eigenvalue weighted by Gasteiger charge is 2.30. The van der Waals surface area contributed by atoms with Crippen LogP contribution < -0.4 is 5.32 Å². The third kappa shape index (κ3) is 6.05. The molecule has 2 aromatic carbocycles. The first kappa shape index (κ1) is 23.6. The smallest absolute Gasteiger partial charge is 0.352 e. The molecule has 9 heteroatoms. The molecule has 2 aromatic heterocycles. The van der Waals surface area contributed by atoms with Crippen molar-refractivity contribution in [1.82, 2.24) is 20.5 Å². The van der Waals surface area contributed by atoms with E-state index in [0.717, 1.165) is 45.1 Å². The van der Waals surface area contributed by atoms with Crippen LogP contribution in [0.1, 0.15) is 33.7 Å². The molecule has 2 N–H and O–H groups in total. The second-order valence-corrected chi connectivity index (χ2v) is 8.61. The van der Waals surface area contributed by atoms with Gasteiger partial charge in [-0.1, -0.05) is 12.1 Å². The monoisotopic (exact) mass is 482 g/mol. The van der Waals surface area contributed by atoms with Crippen LogP contribution in [-0.2, 0) is 6.18 Å². The molecule has 0 bridgehead atoms. The van der Waals surface area contributed by atoms with Crippen molar-refractivity contribution < 1.29 is 18.0 Å². The summed E-state index contributed by atoms with van der Waals surface area (Å²) in [5.41, 5.74) is 1.77. The Bertz CT molecular complexity index is 1300. The van der Waals surface area contributed by atoms with Gasteiger partial charge in [-0.2, -0.15) is 18.3 Å². The average molecular weight is 483 g/mol. The lowest BCUT2D eigenvalue weighted by molar-refractivity contribution is -0.137. The number of halogens is 3. The Hall–Kier alpha value is -3.59. The van der Waals surface area contributed by atoms with E-state index in [1.54, 1.807) is 18.0 Å². The molecule has 0 radical (unpaired) electrons. The van der Waals surface area contributed by atoms with Gasteiger partial charge in [0.2, 0.25) is 0 Å². The van der Waals surface area contributed by atoms with Crippen LogP contribution >= 0.6 is 11.8 Å². The molecule has 174 valence electrons. The van der Waals surface area contributed by atoms with Gasteiger partial charge in [0.15, 0.2) is 0 Å². The summed E-state index contributed by atoms with van der Waals surface area (Å²) in [5.74, 6) is 0.232. The minimum atomic E-state index is -4.47. The van der Waals surface area contributed by atoms with Crippen molar-refractivity contribution in [2.24, 2.45) is 0 Å². The number of nitrogens with zero attached hydrogens (tertiary/aromatic N) is 2. The first-order chi connectivity index (χ1) is 16.4. The van der Waals surface area contributed by atoms with E-state index < -0.39 is 17.6 Å². The van der Waals surface area contributed by atoms with Crippen molar-refractivity contribution in [3.8, 4) is 0 Å². The summed E-state index contributed by atoms with van der Waals surface area (Å²) >= 11 is 1.63. The molecule has 4 aromatic rings. The molecular weight excluding hydrogens is 461 g/mol. The van der Waals surface area contributed by atoms with Crippen molar-refractivity contribution in [2.75, 3.05) is 12.3 Å². The number of pyridine rings is 1. The fraction of sp³-hybridized carbons (Fsp3) is 0.160. The van der Waals surface area contributed by atoms with Crippen molar-refractivity contribution >= 4 is 40.7 Å². The summed E-state index contributed by atoms with van der Waals surface area (Å²) in [4.78, 5) is 17.5. The first-order valence-electron chi connectivity index (χ1n) is 10.6. The van der Waals surface area contributed by atoms with E-state index in [-0.39, 0.29) is 5.56 Å². The summed E-state index contributed by atoms with van der Waals surface area (Å²) in [6.07, 6.45) is 1.77. The molecule has 0 aliphatic rings. The lowest BCUT2D eigenvalue weighted by atomic mass is 10.1. The Labute approximate surface area is 198 Å². The molecule has 0 aliphatic carbocycles. The highest BCUT2D eigenvalue weighted by atomic mass is 32.2. The second kappa shape index (κ2) is 10.6. The highest BCUT2D eigenvalue weighted by Crippen LogP contribution is 2.29. The van der Waals surface area contributed by atoms with E-state index in [9.17, 15) is 18.0 Å². The zero-order chi connectivity index (χ0) is 24.0. The summed E-state index contributed by atoms with van der Waals surface area (Å²) in [5, 5.41) is 11.1. The van der Waals surface area contributed by atoms with E-state index in [4.69, 9.17) is 0 Å². The molecule has 0 atom stereocenters. The van der Waals surface area contributed by atoms with Crippen molar-refractivity contribution in [3.05, 3.63) is 89.4 Å². The van der Waals surface area contributed by atoms with Crippen LogP contribution in [0, 0.1) is 0 Å². The van der Waals surface area contributed by atoms with Gasteiger partial charge in [0, 0.05) is 28.6 Å². The number of carbonyl (C=O) groups is 1. The molecule has 4 rings (SSSR count). The summed E-state index contributed by atoms with van der Waals surface area (Å²) < 4.78 is 38.4. The van der Waals surface area contributed by atoms with Crippen LogP contribution in [0.15, 0.2) is 71.8 Å². The number of aromatic amines is 1. The Balaban J connectivity index is 1.26. The van der Waals surface area contributed by atoms with Crippen molar-refractivity contribution in [1.29, 1.82) is 0 Å². The number of benzene rings is 2. The molecule has 0 saturated carbocycles. The molecular formula is C25H21F3N4OS. The minimum absolute atomic E-state index is 0.0000685. The first-order valence-corrected chi connectivity index (χ1v) is 11.5. The number of amides is 1. The second-order valence-electron chi connectivity index (χ2n) is 7.44. The fourth-order valence-corrected chi connectivity index (χ4v) is 4.17. The van der Waals surface area contributed by atoms with Gasteiger partial charge < -0.3 is 5.32 Å². The Morgan fingerprint density at radius 2 is 1.94 bits per heavy atom. The third-order valence-electron chi connectivity index (χ3n) is 4.99. The molecule has 0 spiro atoms. The van der Waals surface area contributed by atoms with E-state index in [1.165, 1.54) is 12.1 Å². The molecule has 0 aliphatic heterocycles. The molecule has 5 nitrogen and oxygen atoms in total. The zero-order valence-corrected chi connectivity index (χ0v) is 18.8. The minimum Gasteiger partial charge on any atom is -0.352 e. The highest BCUT2D eigenvalue weighted by molar-refractivity contribution is 7.99. The number of carbonyl (C=O) groups excluding carboxylic acids is 1. The molecule has 0 unspecified atom stereocenters. The van der Waals surface area contributed by atoms with Gasteiger partial charge in [-0.15, -0.1) is 11.8 Å². The van der Waals surface area contributed by atoms with Crippen molar-refractivity contribution in [2.45, 2.75) is 17.5 Å². The predicted octanol–water partition coefficient (Wildman–Crippen LogP) is 6.06. The lowest BCUT2D eigenvalue weighted by Crippen LogP contribution is -2.25. The molecule has 1 amide bonds. The Morgan fingerprint density at radius 1 is 1.06 bits per heavy atom. The van der Waals surface area contributed by atoms with Gasteiger partial charge >= 0.3 is 6.18 Å². The standard InChI is InChI=1S/C25H21F3N4OS/c26-25(27,28)18-6-3-5-17(15-18)24(33)30-13-4-14-34-20-9-10-21-22(31-32-23(21)16-20)11-8-19-7-1-2-12-29-19/h1-3,5-12,15-16H,4,13-14H2,(H,30,33)(H,31,32)/b11-8+. The molecule has 0 fully saturated rings. The van der Waals surface area contributed by atoms with Crippen LogP contribution in [0.25, 0.3) is 23.1 Å². The van der Waals surface area contributed by atoms with Gasteiger partial charge in [0.05, 0.1) is 22.5 Å². The van der Waals surface area contributed by atoms with Gasteiger partial charge in [-0.25, -0.2) is 0 Å². The van der Waals surface area contributed by atoms with Gasteiger partial charge in [0.1, 0.15) is 0 Å². The summed E-state index contributed by atoms with van der Waals surface area (Å²) in [6, 6.07) is 16.2. The van der Waals surface area contributed by atoms with Crippen LogP contribution in [0.3, 0.4) is 0 Å². The quantitative estimate of drug-likeness (QED) is 0.237. The topological polar surface area (TPSA) is 70.7 Å². The van der Waals surface area contributed by atoms with Crippen LogP contribution in [0.2, 0.25) is 0 Å². The Kier molecular flexibility index (Phi) is 7.32. The number of alkyl halides is 3. The molecule has 0 saturated heterocycles. The Morgan fingerprint density at radius 3 is 2.74 bits per heavy atom. The van der Waals surface area contributed by atoms with E-state index in [0.29, 0.717) is 13.0 Å². The van der Waals surface area contributed by atoms with E-state index in [2.05, 4.69) is 20.5 Å². The largest absolute Gasteiger partial charge is 0.416 e. The number of fused-ring (bicyclic) bond motifs is 1. The number of aromatic nitrogens is 3. The molecule has 2 heterocycles. The predicted molar refractivity (Wildman–Crippen MR) is 128 cm³/mol. The molecule has 34 heavy (non-hydrogen) atoms. The maximum atomic E-state index is 12.8. The van der Waals surface area contributed by atoms with E-state index >= 15 is 0 Å². The number of hydrogen-bond acceptors (Lipinski definition) is 4. The van der Waals surface area contributed by atoms with Crippen LogP contribution in [0.4, 0.5) is 13.2 Å². The normalized spacial score (nSPS) is 11.9. The zero-order valence-electron chi connectivity index (χ0n) is 18.0. The fourth-order valence-electron chi connectivity index (χ4n) is 3.28. The number of hydrogen-bond donors (Lipinski definition) is 2. The SMILES string of the molecule is O=C(NCCCSc1ccc2c(/C=C/c3ccccn3)n[nH]c2c1)c1cccc(C(F)(F)F)c1. The lowest BCUT2D eigenvalue weighted by Gasteiger charge is -2.09. The van der Waals surface area contributed by atoms with Crippen LogP contribution in [0.5, 0.6) is 0 Å². The van der Waals surface area contributed by atoms with Gasteiger partial charge in [-0.3, -0.25) is 14.9 Å². The van der Waals surface area contributed by atoms with Gasteiger partial charge in [-0.05, 0) is 72.9 Å². The number of H-pyrrole nitrogens is 1. The summed E-state index contributed by atoms with van der Waals surface area (Å²) in [7, 11) is 0. The van der Waals surface area contributed by atoms with Crippen LogP contribution in [-0.4, -0.2) is 33.4 Å². The number of nitrogens with one attached hydrogen (secondary N) is 2. The third-order valence-corrected chi connectivity index (χ3v) is 6.07. The number of thioether (sulfide) groups is 1. The van der Waals surface area contributed by atoms with Crippen molar-refractivity contribution in [3.63, 3.8) is 0 Å².